The highest BCUT2D eigenvalue weighted by molar-refractivity contribution is 5.90. The molecule has 1 amide bonds. The zero-order chi connectivity index (χ0) is 20.6. The molecule has 0 aliphatic heterocycles. The Morgan fingerprint density at radius 1 is 1.00 bits per heavy atom. The first kappa shape index (κ1) is 20.2. The maximum atomic E-state index is 13.0. The van der Waals surface area contributed by atoms with Crippen LogP contribution in [0.15, 0.2) is 77.7 Å². The first-order chi connectivity index (χ1) is 14.0. The SMILES string of the molecule is O=C(/C=C/c1cccn(CCc2ccc(Cc3ccc(F)cc3)cc2)c1=O)NO. The van der Waals surface area contributed by atoms with Gasteiger partial charge in [0.15, 0.2) is 0 Å². The van der Waals surface area contributed by atoms with Crippen LogP contribution in [0.2, 0.25) is 0 Å². The van der Waals surface area contributed by atoms with Gasteiger partial charge in [0.1, 0.15) is 5.82 Å². The minimum absolute atomic E-state index is 0.206. The third-order valence-electron chi connectivity index (χ3n) is 4.56. The van der Waals surface area contributed by atoms with Crippen LogP contribution in [0.5, 0.6) is 0 Å². The third-order valence-corrected chi connectivity index (χ3v) is 4.56. The Balaban J connectivity index is 1.63. The molecule has 0 radical (unpaired) electrons. The Labute approximate surface area is 167 Å². The van der Waals surface area contributed by atoms with Crippen molar-refractivity contribution in [3.8, 4) is 0 Å². The number of hydrogen-bond donors (Lipinski definition) is 2. The first-order valence-corrected chi connectivity index (χ1v) is 9.19. The summed E-state index contributed by atoms with van der Waals surface area (Å²) in [7, 11) is 0. The van der Waals surface area contributed by atoms with Crippen LogP contribution in [0.4, 0.5) is 4.39 Å². The van der Waals surface area contributed by atoms with Crippen molar-refractivity contribution in [1.82, 2.24) is 10.0 Å². The van der Waals surface area contributed by atoms with Crippen molar-refractivity contribution < 1.29 is 14.4 Å². The highest BCUT2D eigenvalue weighted by Crippen LogP contribution is 2.12. The van der Waals surface area contributed by atoms with E-state index in [9.17, 15) is 14.0 Å². The summed E-state index contributed by atoms with van der Waals surface area (Å²) in [6, 6.07) is 18.0. The second-order valence-corrected chi connectivity index (χ2v) is 6.64. The van der Waals surface area contributed by atoms with Crippen LogP contribution in [0.3, 0.4) is 0 Å². The summed E-state index contributed by atoms with van der Waals surface area (Å²) < 4.78 is 14.6. The van der Waals surface area contributed by atoms with Gasteiger partial charge in [-0.25, -0.2) is 9.87 Å². The van der Waals surface area contributed by atoms with E-state index in [-0.39, 0.29) is 11.4 Å². The molecule has 0 fully saturated rings. The topological polar surface area (TPSA) is 71.3 Å². The largest absolute Gasteiger partial charge is 0.315 e. The van der Waals surface area contributed by atoms with E-state index < -0.39 is 5.91 Å². The van der Waals surface area contributed by atoms with Crippen molar-refractivity contribution in [3.63, 3.8) is 0 Å². The lowest BCUT2D eigenvalue weighted by atomic mass is 10.0. The van der Waals surface area contributed by atoms with Crippen molar-refractivity contribution in [2.75, 3.05) is 0 Å². The molecular formula is C23H21FN2O3. The highest BCUT2D eigenvalue weighted by atomic mass is 19.1. The number of rotatable bonds is 7. The van der Waals surface area contributed by atoms with Crippen LogP contribution in [0, 0.1) is 5.82 Å². The normalized spacial score (nSPS) is 11.0. The van der Waals surface area contributed by atoms with E-state index in [0.29, 0.717) is 18.5 Å². The fraction of sp³-hybridized carbons (Fsp3) is 0.130. The fourth-order valence-electron chi connectivity index (χ4n) is 2.97. The molecule has 5 nitrogen and oxygen atoms in total. The number of nitrogens with zero attached hydrogens (tertiary/aromatic N) is 1. The van der Waals surface area contributed by atoms with E-state index in [1.807, 2.05) is 24.3 Å². The summed E-state index contributed by atoms with van der Waals surface area (Å²) in [5.41, 5.74) is 4.92. The molecule has 0 aliphatic carbocycles. The zero-order valence-corrected chi connectivity index (χ0v) is 15.7. The average molecular weight is 392 g/mol. The van der Waals surface area contributed by atoms with E-state index in [1.165, 1.54) is 23.7 Å². The monoisotopic (exact) mass is 392 g/mol. The van der Waals surface area contributed by atoms with Gasteiger partial charge in [-0.3, -0.25) is 14.8 Å². The van der Waals surface area contributed by atoms with Gasteiger partial charge in [-0.1, -0.05) is 36.4 Å². The second kappa shape index (κ2) is 9.61. The molecule has 0 saturated carbocycles. The predicted molar refractivity (Wildman–Crippen MR) is 109 cm³/mol. The lowest BCUT2D eigenvalue weighted by Gasteiger charge is -2.08. The maximum Gasteiger partial charge on any atom is 0.267 e. The van der Waals surface area contributed by atoms with E-state index in [0.717, 1.165) is 29.2 Å². The van der Waals surface area contributed by atoms with Crippen LogP contribution < -0.4 is 11.0 Å². The summed E-state index contributed by atoms with van der Waals surface area (Å²) >= 11 is 0. The second-order valence-electron chi connectivity index (χ2n) is 6.64. The molecule has 0 saturated heterocycles. The number of hydroxylamine groups is 1. The van der Waals surface area contributed by atoms with Gasteiger partial charge in [0.25, 0.3) is 11.5 Å². The third kappa shape index (κ3) is 5.73. The number of pyridine rings is 1. The van der Waals surface area contributed by atoms with E-state index in [4.69, 9.17) is 5.21 Å². The van der Waals surface area contributed by atoms with Crippen molar-refractivity contribution in [3.05, 3.63) is 111 Å². The van der Waals surface area contributed by atoms with Crippen molar-refractivity contribution in [1.29, 1.82) is 0 Å². The highest BCUT2D eigenvalue weighted by Gasteiger charge is 2.03. The summed E-state index contributed by atoms with van der Waals surface area (Å²) in [5.74, 6) is -0.934. The molecule has 1 heterocycles. The van der Waals surface area contributed by atoms with Crippen LogP contribution in [-0.2, 0) is 24.2 Å². The van der Waals surface area contributed by atoms with E-state index in [2.05, 4.69) is 0 Å². The standard InChI is InChI=1S/C23H21FN2O3/c24-21-10-7-19(8-11-21)16-18-5-3-17(4-6-18)13-15-26-14-1-2-20(23(26)28)9-12-22(27)25-29/h1-12,14,29H,13,15-16H2,(H,25,27)/b12-9+. The van der Waals surface area contributed by atoms with Crippen molar-refractivity contribution in [2.45, 2.75) is 19.4 Å². The van der Waals surface area contributed by atoms with E-state index >= 15 is 0 Å². The number of nitrogens with one attached hydrogen (secondary N) is 1. The van der Waals surface area contributed by atoms with Crippen LogP contribution in [0.1, 0.15) is 22.3 Å². The molecule has 0 spiro atoms. The Bertz CT molecular complexity index is 1050. The number of halogens is 1. The molecule has 6 heteroatoms. The van der Waals surface area contributed by atoms with Gasteiger partial charge >= 0.3 is 0 Å². The quantitative estimate of drug-likeness (QED) is 0.368. The summed E-state index contributed by atoms with van der Waals surface area (Å²) in [6.45, 7) is 0.504. The van der Waals surface area contributed by atoms with Crippen LogP contribution >= 0.6 is 0 Å². The van der Waals surface area contributed by atoms with Gasteiger partial charge < -0.3 is 4.57 Å². The molecule has 2 N–H and O–H groups in total. The zero-order valence-electron chi connectivity index (χ0n) is 15.7. The van der Waals surface area contributed by atoms with Gasteiger partial charge in [-0.15, -0.1) is 0 Å². The number of aryl methyl sites for hydroxylation is 2. The Morgan fingerprint density at radius 2 is 1.62 bits per heavy atom. The number of aromatic nitrogens is 1. The minimum atomic E-state index is -0.694. The molecular weight excluding hydrogens is 371 g/mol. The molecule has 3 aromatic rings. The van der Waals surface area contributed by atoms with Crippen molar-refractivity contribution >= 4 is 12.0 Å². The number of amides is 1. The molecule has 0 atom stereocenters. The van der Waals surface area contributed by atoms with Crippen LogP contribution in [-0.4, -0.2) is 15.7 Å². The van der Waals surface area contributed by atoms with Crippen LogP contribution in [0.25, 0.3) is 6.08 Å². The lowest BCUT2D eigenvalue weighted by Crippen LogP contribution is -2.22. The minimum Gasteiger partial charge on any atom is -0.315 e. The van der Waals surface area contributed by atoms with Gasteiger partial charge in [-0.05, 0) is 59.9 Å². The molecule has 29 heavy (non-hydrogen) atoms. The molecule has 2 aromatic carbocycles. The average Bonchev–Trinajstić information content (AvgIpc) is 2.74. The summed E-state index contributed by atoms with van der Waals surface area (Å²) in [5, 5.41) is 8.51. The summed E-state index contributed by atoms with van der Waals surface area (Å²) in [4.78, 5) is 23.5. The maximum absolute atomic E-state index is 13.0. The molecule has 1 aromatic heterocycles. The number of carbonyl (C=O) groups excluding carboxylic acids is 1. The molecule has 0 aliphatic rings. The molecule has 0 bridgehead atoms. The molecule has 3 rings (SSSR count). The Kier molecular flexibility index (Phi) is 6.71. The summed E-state index contributed by atoms with van der Waals surface area (Å²) in [6.07, 6.45) is 5.58. The number of carbonyl (C=O) groups is 1. The van der Waals surface area contributed by atoms with Gasteiger partial charge in [0.2, 0.25) is 0 Å². The molecule has 0 unspecified atom stereocenters. The lowest BCUT2D eigenvalue weighted by molar-refractivity contribution is -0.124. The number of benzene rings is 2. The Hall–Kier alpha value is -3.51. The Morgan fingerprint density at radius 3 is 2.28 bits per heavy atom. The van der Waals surface area contributed by atoms with E-state index in [1.54, 1.807) is 35.0 Å². The van der Waals surface area contributed by atoms with Gasteiger partial charge in [0, 0.05) is 24.4 Å². The van der Waals surface area contributed by atoms with Gasteiger partial charge in [-0.2, -0.15) is 0 Å². The fourth-order valence-corrected chi connectivity index (χ4v) is 2.97. The van der Waals surface area contributed by atoms with Gasteiger partial charge in [0.05, 0.1) is 0 Å². The number of hydrogen-bond acceptors (Lipinski definition) is 3. The van der Waals surface area contributed by atoms with Crippen molar-refractivity contribution in [2.24, 2.45) is 0 Å². The first-order valence-electron chi connectivity index (χ1n) is 9.19. The predicted octanol–water partition coefficient (Wildman–Crippen LogP) is 3.34. The molecule has 148 valence electrons. The smallest absolute Gasteiger partial charge is 0.267 e.